The number of pyridine rings is 1. The van der Waals surface area contributed by atoms with Gasteiger partial charge in [-0.2, -0.15) is 0 Å². The number of anilines is 1. The number of nitrogens with zero attached hydrogens (tertiary/aromatic N) is 3. The molecule has 2 aromatic rings. The van der Waals surface area contributed by atoms with Crippen molar-refractivity contribution < 1.29 is 4.39 Å². The van der Waals surface area contributed by atoms with Gasteiger partial charge in [-0.05, 0) is 19.9 Å². The minimum absolute atomic E-state index is 0.367. The molecule has 0 saturated carbocycles. The van der Waals surface area contributed by atoms with Crippen LogP contribution in [-0.4, -0.2) is 21.5 Å². The van der Waals surface area contributed by atoms with Gasteiger partial charge < -0.3 is 5.32 Å². The molecule has 0 atom stereocenters. The maximum absolute atomic E-state index is 13.9. The molecule has 0 unspecified atom stereocenters. The summed E-state index contributed by atoms with van der Waals surface area (Å²) in [5.41, 5.74) is 1.94. The summed E-state index contributed by atoms with van der Waals surface area (Å²) in [6.07, 6.45) is 3.48. The van der Waals surface area contributed by atoms with Gasteiger partial charge in [-0.1, -0.05) is 6.92 Å². The Labute approximate surface area is 112 Å². The predicted octanol–water partition coefficient (Wildman–Crippen LogP) is 2.98. The third kappa shape index (κ3) is 2.70. The van der Waals surface area contributed by atoms with E-state index in [1.165, 1.54) is 6.20 Å². The molecule has 0 radical (unpaired) electrons. The van der Waals surface area contributed by atoms with Crippen LogP contribution in [0.4, 0.5) is 10.2 Å². The molecular weight excluding hydrogens is 243 g/mol. The fraction of sp³-hybridized carbons (Fsp3) is 0.357. The van der Waals surface area contributed by atoms with Crippen molar-refractivity contribution in [2.24, 2.45) is 0 Å². The van der Waals surface area contributed by atoms with Gasteiger partial charge in [-0.15, -0.1) is 0 Å². The first-order valence-corrected chi connectivity index (χ1v) is 6.38. The third-order valence-corrected chi connectivity index (χ3v) is 2.88. The van der Waals surface area contributed by atoms with E-state index in [1.54, 1.807) is 12.3 Å². The highest BCUT2D eigenvalue weighted by molar-refractivity contribution is 5.68. The van der Waals surface area contributed by atoms with E-state index in [2.05, 4.69) is 20.3 Å². The maximum Gasteiger partial charge on any atom is 0.150 e. The van der Waals surface area contributed by atoms with E-state index in [0.717, 1.165) is 17.9 Å². The van der Waals surface area contributed by atoms with E-state index in [0.29, 0.717) is 23.5 Å². The average molecular weight is 260 g/mol. The zero-order valence-corrected chi connectivity index (χ0v) is 11.4. The molecule has 0 spiro atoms. The summed E-state index contributed by atoms with van der Waals surface area (Å²) in [7, 11) is 0. The molecule has 1 N–H and O–H groups in total. The molecule has 0 aromatic carbocycles. The number of aromatic nitrogens is 3. The fourth-order valence-corrected chi connectivity index (χ4v) is 1.89. The van der Waals surface area contributed by atoms with Crippen molar-refractivity contribution in [2.45, 2.75) is 27.2 Å². The summed E-state index contributed by atoms with van der Waals surface area (Å²) in [4.78, 5) is 12.6. The van der Waals surface area contributed by atoms with Gasteiger partial charge in [0.05, 0.1) is 11.9 Å². The van der Waals surface area contributed by atoms with Crippen molar-refractivity contribution in [3.8, 4) is 11.3 Å². The molecule has 0 fully saturated rings. The normalized spacial score (nSPS) is 10.5. The lowest BCUT2D eigenvalue weighted by atomic mass is 10.1. The lowest BCUT2D eigenvalue weighted by Gasteiger charge is -2.13. The molecule has 4 nitrogen and oxygen atoms in total. The molecule has 0 amide bonds. The highest BCUT2D eigenvalue weighted by Crippen LogP contribution is 2.27. The second-order valence-corrected chi connectivity index (χ2v) is 4.20. The van der Waals surface area contributed by atoms with Gasteiger partial charge in [-0.25, -0.2) is 14.4 Å². The van der Waals surface area contributed by atoms with Crippen molar-refractivity contribution >= 4 is 5.82 Å². The van der Waals surface area contributed by atoms with Crippen LogP contribution in [0.25, 0.3) is 11.3 Å². The Hall–Kier alpha value is -2.04. The molecule has 2 aromatic heterocycles. The SMILES string of the molecule is CCNc1nc(CC)nc(-c2ccncc2F)c1C. The first-order chi connectivity index (χ1) is 9.17. The molecule has 0 aliphatic heterocycles. The van der Waals surface area contributed by atoms with Crippen LogP contribution in [0, 0.1) is 12.7 Å². The number of aryl methyl sites for hydroxylation is 1. The summed E-state index contributed by atoms with van der Waals surface area (Å²) in [6.45, 7) is 6.64. The smallest absolute Gasteiger partial charge is 0.150 e. The molecule has 2 rings (SSSR count). The van der Waals surface area contributed by atoms with E-state index in [9.17, 15) is 4.39 Å². The van der Waals surface area contributed by atoms with E-state index < -0.39 is 0 Å². The highest BCUT2D eigenvalue weighted by Gasteiger charge is 2.14. The third-order valence-electron chi connectivity index (χ3n) is 2.88. The number of rotatable bonds is 4. The van der Waals surface area contributed by atoms with Crippen LogP contribution in [0.1, 0.15) is 25.2 Å². The van der Waals surface area contributed by atoms with Crippen molar-refractivity contribution in [1.29, 1.82) is 0 Å². The van der Waals surface area contributed by atoms with Crippen molar-refractivity contribution in [2.75, 3.05) is 11.9 Å². The van der Waals surface area contributed by atoms with Gasteiger partial charge in [-0.3, -0.25) is 4.98 Å². The molecule has 0 aliphatic rings. The van der Waals surface area contributed by atoms with E-state index in [-0.39, 0.29) is 5.82 Å². The Balaban J connectivity index is 2.62. The number of halogens is 1. The van der Waals surface area contributed by atoms with Crippen LogP contribution >= 0.6 is 0 Å². The van der Waals surface area contributed by atoms with Gasteiger partial charge in [0.25, 0.3) is 0 Å². The largest absolute Gasteiger partial charge is 0.370 e. The molecule has 0 aliphatic carbocycles. The lowest BCUT2D eigenvalue weighted by Crippen LogP contribution is -2.08. The molecule has 19 heavy (non-hydrogen) atoms. The minimum atomic E-state index is -0.367. The number of nitrogens with one attached hydrogen (secondary N) is 1. The van der Waals surface area contributed by atoms with Gasteiger partial charge >= 0.3 is 0 Å². The van der Waals surface area contributed by atoms with Crippen molar-refractivity contribution in [3.05, 3.63) is 35.7 Å². The molecule has 0 saturated heterocycles. The number of hydrogen-bond donors (Lipinski definition) is 1. The topological polar surface area (TPSA) is 50.7 Å². The van der Waals surface area contributed by atoms with Crippen LogP contribution in [0.5, 0.6) is 0 Å². The summed E-state index contributed by atoms with van der Waals surface area (Å²) in [5.74, 6) is 1.10. The Kier molecular flexibility index (Phi) is 4.04. The van der Waals surface area contributed by atoms with Crippen LogP contribution in [-0.2, 0) is 6.42 Å². The molecule has 5 heteroatoms. The summed E-state index contributed by atoms with van der Waals surface area (Å²) >= 11 is 0. The Morgan fingerprint density at radius 1 is 1.26 bits per heavy atom. The second-order valence-electron chi connectivity index (χ2n) is 4.20. The second kappa shape index (κ2) is 5.73. The fourth-order valence-electron chi connectivity index (χ4n) is 1.89. The van der Waals surface area contributed by atoms with E-state index in [1.807, 2.05) is 20.8 Å². The standard InChI is InChI=1S/C14H17FN4/c1-4-12-18-13(9(3)14(19-12)17-5-2)10-6-7-16-8-11(10)15/h6-8H,4-5H2,1-3H3,(H,17,18,19). The van der Waals surface area contributed by atoms with E-state index in [4.69, 9.17) is 0 Å². The van der Waals surface area contributed by atoms with Crippen molar-refractivity contribution in [1.82, 2.24) is 15.0 Å². The zero-order valence-electron chi connectivity index (χ0n) is 11.4. The van der Waals surface area contributed by atoms with Crippen LogP contribution in [0.2, 0.25) is 0 Å². The van der Waals surface area contributed by atoms with Gasteiger partial charge in [0, 0.05) is 30.3 Å². The Morgan fingerprint density at radius 3 is 2.68 bits per heavy atom. The van der Waals surface area contributed by atoms with Crippen LogP contribution in [0.3, 0.4) is 0 Å². The van der Waals surface area contributed by atoms with Gasteiger partial charge in [0.2, 0.25) is 0 Å². The summed E-state index contributed by atoms with van der Waals surface area (Å²) < 4.78 is 13.9. The maximum atomic E-state index is 13.9. The summed E-state index contributed by atoms with van der Waals surface area (Å²) in [6, 6.07) is 1.64. The van der Waals surface area contributed by atoms with Gasteiger partial charge in [0.1, 0.15) is 11.6 Å². The zero-order chi connectivity index (χ0) is 13.8. The quantitative estimate of drug-likeness (QED) is 0.918. The monoisotopic (exact) mass is 260 g/mol. The van der Waals surface area contributed by atoms with Crippen LogP contribution < -0.4 is 5.32 Å². The minimum Gasteiger partial charge on any atom is -0.370 e. The Morgan fingerprint density at radius 2 is 2.05 bits per heavy atom. The van der Waals surface area contributed by atoms with Crippen molar-refractivity contribution in [3.63, 3.8) is 0 Å². The first kappa shape index (κ1) is 13.4. The van der Waals surface area contributed by atoms with E-state index >= 15 is 0 Å². The molecular formula is C14H17FN4. The summed E-state index contributed by atoms with van der Waals surface area (Å²) in [5, 5.41) is 3.19. The molecule has 2 heterocycles. The highest BCUT2D eigenvalue weighted by atomic mass is 19.1. The molecule has 100 valence electrons. The average Bonchev–Trinajstić information content (AvgIpc) is 2.42. The first-order valence-electron chi connectivity index (χ1n) is 6.38. The van der Waals surface area contributed by atoms with Crippen LogP contribution in [0.15, 0.2) is 18.5 Å². The Bertz CT molecular complexity index is 584. The van der Waals surface area contributed by atoms with Gasteiger partial charge in [0.15, 0.2) is 5.82 Å². The number of hydrogen-bond acceptors (Lipinski definition) is 4. The predicted molar refractivity (Wildman–Crippen MR) is 73.5 cm³/mol. The molecule has 0 bridgehead atoms. The lowest BCUT2D eigenvalue weighted by molar-refractivity contribution is 0.624.